The summed E-state index contributed by atoms with van der Waals surface area (Å²) < 4.78 is 1.54. The minimum Gasteiger partial charge on any atom is -0.478 e. The average molecular weight is 281 g/mol. The van der Waals surface area contributed by atoms with Crippen LogP contribution >= 0.6 is 0 Å². The van der Waals surface area contributed by atoms with Gasteiger partial charge in [0.2, 0.25) is 0 Å². The number of tetrazole rings is 1. The van der Waals surface area contributed by atoms with Gasteiger partial charge in [0.05, 0.1) is 11.3 Å². The molecule has 7 nitrogen and oxygen atoms in total. The summed E-state index contributed by atoms with van der Waals surface area (Å²) in [5, 5.41) is 20.5. The highest BCUT2D eigenvalue weighted by Crippen LogP contribution is 2.20. The predicted octanol–water partition coefficient (Wildman–Crippen LogP) is 1.61. The highest BCUT2D eigenvalue weighted by Gasteiger charge is 2.11. The number of aromatic nitrogens is 4. The van der Waals surface area contributed by atoms with Crippen molar-refractivity contribution in [2.45, 2.75) is 0 Å². The van der Waals surface area contributed by atoms with Gasteiger partial charge in [-0.05, 0) is 59.0 Å². The Labute approximate surface area is 119 Å². The Morgan fingerprint density at radius 1 is 1.05 bits per heavy atom. The molecule has 104 valence electrons. The topological polar surface area (TPSA) is 107 Å². The summed E-state index contributed by atoms with van der Waals surface area (Å²) in [5.74, 6) is -0.421. The first-order valence-corrected chi connectivity index (χ1v) is 6.13. The van der Waals surface area contributed by atoms with Crippen LogP contribution in [0.4, 0.5) is 5.69 Å². The second kappa shape index (κ2) is 5.04. The normalized spacial score (nSPS) is 10.5. The summed E-state index contributed by atoms with van der Waals surface area (Å²) in [4.78, 5) is 10.9. The number of nitrogens with zero attached hydrogens (tertiary/aromatic N) is 4. The summed E-state index contributed by atoms with van der Waals surface area (Å²) in [6.07, 6.45) is 0. The number of nitrogens with two attached hydrogens (primary N) is 1. The fraction of sp³-hybridized carbons (Fsp3) is 0. The fourth-order valence-corrected chi connectivity index (χ4v) is 1.92. The average Bonchev–Trinajstić information content (AvgIpc) is 2.97. The number of carbonyl (C=O) groups is 1. The Morgan fingerprint density at radius 2 is 1.71 bits per heavy atom. The van der Waals surface area contributed by atoms with Crippen molar-refractivity contribution in [1.29, 1.82) is 0 Å². The molecule has 0 fully saturated rings. The predicted molar refractivity (Wildman–Crippen MR) is 76.0 cm³/mol. The van der Waals surface area contributed by atoms with Crippen LogP contribution in [0.5, 0.6) is 0 Å². The lowest BCUT2D eigenvalue weighted by molar-refractivity contribution is 0.0697. The number of anilines is 1. The molecule has 0 aliphatic heterocycles. The number of carboxylic acid groups (broad SMARTS) is 1. The van der Waals surface area contributed by atoms with Gasteiger partial charge in [-0.1, -0.05) is 0 Å². The quantitative estimate of drug-likeness (QED) is 0.706. The van der Waals surface area contributed by atoms with Gasteiger partial charge in [-0.2, -0.15) is 4.68 Å². The van der Waals surface area contributed by atoms with Crippen LogP contribution in [0.1, 0.15) is 10.4 Å². The van der Waals surface area contributed by atoms with Crippen molar-refractivity contribution in [3.8, 4) is 17.1 Å². The maximum absolute atomic E-state index is 10.9. The Balaban J connectivity index is 2.02. The van der Waals surface area contributed by atoms with E-state index in [1.807, 2.05) is 12.1 Å². The number of carboxylic acids is 1. The molecule has 0 aliphatic rings. The van der Waals surface area contributed by atoms with Gasteiger partial charge in [0.1, 0.15) is 0 Å². The van der Waals surface area contributed by atoms with Gasteiger partial charge in [0.15, 0.2) is 5.82 Å². The molecule has 2 aromatic carbocycles. The monoisotopic (exact) mass is 281 g/mol. The third kappa shape index (κ3) is 2.44. The smallest absolute Gasteiger partial charge is 0.335 e. The van der Waals surface area contributed by atoms with Crippen molar-refractivity contribution in [2.24, 2.45) is 0 Å². The number of rotatable bonds is 3. The van der Waals surface area contributed by atoms with E-state index in [4.69, 9.17) is 10.8 Å². The molecule has 3 N–H and O–H groups in total. The molecule has 0 radical (unpaired) electrons. The Bertz CT molecular complexity index is 778. The van der Waals surface area contributed by atoms with E-state index in [1.54, 1.807) is 24.3 Å². The highest BCUT2D eigenvalue weighted by atomic mass is 16.4. The maximum Gasteiger partial charge on any atom is 0.335 e. The Morgan fingerprint density at radius 3 is 2.33 bits per heavy atom. The first kappa shape index (κ1) is 12.8. The van der Waals surface area contributed by atoms with Gasteiger partial charge in [-0.15, -0.1) is 5.10 Å². The number of hydrogen-bond acceptors (Lipinski definition) is 5. The molecular formula is C14H11N5O2. The van der Waals surface area contributed by atoms with E-state index < -0.39 is 5.97 Å². The van der Waals surface area contributed by atoms with Crippen molar-refractivity contribution in [1.82, 2.24) is 20.2 Å². The molecule has 1 heterocycles. The Kier molecular flexibility index (Phi) is 3.07. The molecule has 0 saturated heterocycles. The molecule has 0 spiro atoms. The van der Waals surface area contributed by atoms with Crippen molar-refractivity contribution in [2.75, 3.05) is 5.73 Å². The molecule has 0 aliphatic carbocycles. The van der Waals surface area contributed by atoms with Crippen molar-refractivity contribution < 1.29 is 9.90 Å². The largest absolute Gasteiger partial charge is 0.478 e. The second-order valence-electron chi connectivity index (χ2n) is 4.39. The lowest BCUT2D eigenvalue weighted by Crippen LogP contribution is -2.01. The molecule has 1 aromatic heterocycles. The minimum absolute atomic E-state index is 0.209. The molecule has 7 heteroatoms. The van der Waals surface area contributed by atoms with E-state index in [0.717, 1.165) is 5.56 Å². The van der Waals surface area contributed by atoms with E-state index in [9.17, 15) is 4.79 Å². The first-order valence-electron chi connectivity index (χ1n) is 6.13. The molecule has 0 atom stereocenters. The van der Waals surface area contributed by atoms with Gasteiger partial charge in [-0.3, -0.25) is 0 Å². The Hall–Kier alpha value is -3.22. The van der Waals surface area contributed by atoms with Crippen LogP contribution in [0, 0.1) is 0 Å². The van der Waals surface area contributed by atoms with Crippen LogP contribution < -0.4 is 5.73 Å². The number of hydrogen-bond donors (Lipinski definition) is 2. The third-order valence-electron chi connectivity index (χ3n) is 3.00. The van der Waals surface area contributed by atoms with E-state index in [1.165, 1.54) is 16.8 Å². The summed E-state index contributed by atoms with van der Waals surface area (Å²) >= 11 is 0. The zero-order chi connectivity index (χ0) is 14.8. The minimum atomic E-state index is -0.975. The lowest BCUT2D eigenvalue weighted by Gasteiger charge is -2.05. The lowest BCUT2D eigenvalue weighted by atomic mass is 10.2. The molecule has 0 saturated carbocycles. The molecule has 21 heavy (non-hydrogen) atoms. The second-order valence-corrected chi connectivity index (χ2v) is 4.39. The molecular weight excluding hydrogens is 270 g/mol. The SMILES string of the molecule is Nc1ccc(-c2nnnn2-c2ccc(C(=O)O)cc2)cc1. The first-order chi connectivity index (χ1) is 10.1. The summed E-state index contributed by atoms with van der Waals surface area (Å²) in [6.45, 7) is 0. The summed E-state index contributed by atoms with van der Waals surface area (Å²) in [7, 11) is 0. The van der Waals surface area contributed by atoms with E-state index >= 15 is 0 Å². The van der Waals surface area contributed by atoms with E-state index in [-0.39, 0.29) is 5.56 Å². The van der Waals surface area contributed by atoms with Gasteiger partial charge in [0.25, 0.3) is 0 Å². The standard InChI is InChI=1S/C14H11N5O2/c15-11-5-1-9(2-6-11)13-16-17-18-19(13)12-7-3-10(4-8-12)14(20)21/h1-8H,15H2,(H,20,21). The third-order valence-corrected chi connectivity index (χ3v) is 3.00. The van der Waals surface area contributed by atoms with Crippen molar-refractivity contribution in [3.05, 3.63) is 54.1 Å². The van der Waals surface area contributed by atoms with Crippen molar-refractivity contribution >= 4 is 11.7 Å². The fourth-order valence-electron chi connectivity index (χ4n) is 1.92. The van der Waals surface area contributed by atoms with Gasteiger partial charge in [0, 0.05) is 11.3 Å². The van der Waals surface area contributed by atoms with E-state index in [0.29, 0.717) is 17.2 Å². The maximum atomic E-state index is 10.9. The number of benzene rings is 2. The van der Waals surface area contributed by atoms with Gasteiger partial charge >= 0.3 is 5.97 Å². The van der Waals surface area contributed by atoms with E-state index in [2.05, 4.69) is 15.5 Å². The number of nitrogen functional groups attached to an aromatic ring is 1. The molecule has 3 rings (SSSR count). The van der Waals surface area contributed by atoms with Crippen LogP contribution in [0.15, 0.2) is 48.5 Å². The van der Waals surface area contributed by atoms with Gasteiger partial charge < -0.3 is 10.8 Å². The van der Waals surface area contributed by atoms with Crippen LogP contribution in [-0.4, -0.2) is 31.3 Å². The van der Waals surface area contributed by atoms with Crippen LogP contribution in [0.3, 0.4) is 0 Å². The van der Waals surface area contributed by atoms with Gasteiger partial charge in [-0.25, -0.2) is 4.79 Å². The zero-order valence-corrected chi connectivity index (χ0v) is 10.8. The molecule has 0 unspecified atom stereocenters. The molecule has 0 bridgehead atoms. The summed E-state index contributed by atoms with van der Waals surface area (Å²) in [6, 6.07) is 13.5. The summed E-state index contributed by atoms with van der Waals surface area (Å²) in [5.41, 5.74) is 8.02. The van der Waals surface area contributed by atoms with Crippen LogP contribution in [0.2, 0.25) is 0 Å². The van der Waals surface area contributed by atoms with Crippen LogP contribution in [-0.2, 0) is 0 Å². The van der Waals surface area contributed by atoms with Crippen LogP contribution in [0.25, 0.3) is 17.1 Å². The highest BCUT2D eigenvalue weighted by molar-refractivity contribution is 5.87. The molecule has 0 amide bonds. The molecule has 3 aromatic rings. The zero-order valence-electron chi connectivity index (χ0n) is 10.8. The number of aromatic carboxylic acids is 1. The van der Waals surface area contributed by atoms with Crippen molar-refractivity contribution in [3.63, 3.8) is 0 Å².